The van der Waals surface area contributed by atoms with E-state index in [2.05, 4.69) is 128 Å². The van der Waals surface area contributed by atoms with Gasteiger partial charge in [0.25, 0.3) is 0 Å². The standard InChI is InChI=1S/C25H22P2.CO.W/c1-5-13-22(14-6-1)26(23-15-7-2-8-16-23)21-27(24-17-9-3-10-18-24)25-19-11-4-12-20-25;1-2;/h1-20H,21H2;;. The van der Waals surface area contributed by atoms with E-state index in [0.29, 0.717) is 0 Å². The van der Waals surface area contributed by atoms with Crippen molar-refractivity contribution < 1.29 is 25.7 Å². The Bertz CT molecular complexity index is 833. The van der Waals surface area contributed by atoms with Crippen molar-refractivity contribution in [1.29, 1.82) is 0 Å². The van der Waals surface area contributed by atoms with Crippen molar-refractivity contribution >= 4 is 37.1 Å². The zero-order valence-electron chi connectivity index (χ0n) is 16.5. The first kappa shape index (κ1) is 24.4. The monoisotopic (exact) mass is 596 g/mol. The van der Waals surface area contributed by atoms with E-state index in [0.717, 1.165) is 0 Å². The Kier molecular flexibility index (Phi) is 11.0. The summed E-state index contributed by atoms with van der Waals surface area (Å²) in [6, 6.07) is 44.1. The van der Waals surface area contributed by atoms with Gasteiger partial charge in [0.15, 0.2) is 0 Å². The van der Waals surface area contributed by atoms with Crippen molar-refractivity contribution in [3.63, 3.8) is 0 Å². The molecule has 0 radical (unpaired) electrons. The van der Waals surface area contributed by atoms with Gasteiger partial charge >= 0.3 is 11.3 Å². The molecule has 0 atom stereocenters. The van der Waals surface area contributed by atoms with Gasteiger partial charge in [0.1, 0.15) is 0 Å². The van der Waals surface area contributed by atoms with E-state index >= 15 is 0 Å². The maximum absolute atomic E-state index is 7.50. The number of hydrogen-bond acceptors (Lipinski definition) is 0. The van der Waals surface area contributed by atoms with E-state index in [1.807, 2.05) is 0 Å². The van der Waals surface area contributed by atoms with E-state index in [1.165, 1.54) is 27.1 Å². The fourth-order valence-electron chi connectivity index (χ4n) is 3.20. The molecule has 4 rings (SSSR count). The van der Waals surface area contributed by atoms with Gasteiger partial charge in [-0.15, -0.1) is 0 Å². The van der Waals surface area contributed by atoms with Gasteiger partial charge in [0, 0.05) is 27.0 Å². The summed E-state index contributed by atoms with van der Waals surface area (Å²) in [5.74, 6) is 1.17. The first-order chi connectivity index (χ1) is 14.4. The van der Waals surface area contributed by atoms with Crippen LogP contribution in [0.25, 0.3) is 0 Å². The third-order valence-corrected chi connectivity index (χ3v) is 10.5. The summed E-state index contributed by atoms with van der Waals surface area (Å²) in [6.07, 6.45) is 0. The summed E-state index contributed by atoms with van der Waals surface area (Å²) in [4.78, 5) is 0. The van der Waals surface area contributed by atoms with Crippen LogP contribution in [0.3, 0.4) is 0 Å². The Hall–Kier alpha value is -1.83. The van der Waals surface area contributed by atoms with Crippen LogP contribution in [-0.2, 0) is 25.7 Å². The average molecular weight is 596 g/mol. The Morgan fingerprint density at radius 2 is 0.633 bits per heavy atom. The molecule has 0 saturated heterocycles. The largest absolute Gasteiger partial charge is 0.0622 e. The molecule has 4 heteroatoms. The molecule has 0 unspecified atom stereocenters. The molecule has 0 fully saturated rings. The van der Waals surface area contributed by atoms with Crippen molar-refractivity contribution in [2.24, 2.45) is 0 Å². The fraction of sp³-hybridized carbons (Fsp3) is 0.0385. The molecule has 0 amide bonds. The maximum atomic E-state index is 7.50. The summed E-state index contributed by atoms with van der Waals surface area (Å²) in [5.41, 5.74) is 0. The van der Waals surface area contributed by atoms with Crippen LogP contribution >= 0.6 is 15.8 Å². The van der Waals surface area contributed by atoms with Crippen LogP contribution in [0.1, 0.15) is 0 Å². The molecular formula is C26H22OP2W. The minimum atomic E-state index is -0.409. The zero-order chi connectivity index (χ0) is 20.3. The predicted molar refractivity (Wildman–Crippen MR) is 127 cm³/mol. The normalized spacial score (nSPS) is 10.0. The second-order valence-electron chi connectivity index (χ2n) is 6.34. The predicted octanol–water partition coefficient (Wildman–Crippen LogP) is 5.17. The van der Waals surface area contributed by atoms with Gasteiger partial charge in [0.2, 0.25) is 0 Å². The number of benzene rings is 4. The van der Waals surface area contributed by atoms with Gasteiger partial charge < -0.3 is 0 Å². The van der Waals surface area contributed by atoms with Crippen molar-refractivity contribution in [3.05, 3.63) is 128 Å². The molecule has 0 aromatic heterocycles. The molecule has 4 aromatic carbocycles. The molecular weight excluding hydrogens is 574 g/mol. The Labute approximate surface area is 196 Å². The van der Waals surface area contributed by atoms with Gasteiger partial charge in [0.05, 0.1) is 0 Å². The van der Waals surface area contributed by atoms with Crippen molar-refractivity contribution in [3.8, 4) is 0 Å². The number of hydrogen-bond donors (Lipinski definition) is 0. The summed E-state index contributed by atoms with van der Waals surface area (Å²) in [6.45, 7) is 4.50. The van der Waals surface area contributed by atoms with Crippen molar-refractivity contribution in [2.45, 2.75) is 0 Å². The summed E-state index contributed by atoms with van der Waals surface area (Å²) >= 11 is 0. The van der Waals surface area contributed by atoms with E-state index in [1.54, 1.807) is 0 Å². The quantitative estimate of drug-likeness (QED) is 0.167. The molecule has 0 heterocycles. The molecule has 0 saturated carbocycles. The minimum Gasteiger partial charge on any atom is -0.0622 e. The molecule has 30 heavy (non-hydrogen) atoms. The molecule has 0 aliphatic rings. The smallest absolute Gasteiger partial charge is 0.00405 e. The fourth-order valence-corrected chi connectivity index (χ4v) is 9.67. The van der Waals surface area contributed by atoms with E-state index in [4.69, 9.17) is 4.65 Å². The molecule has 0 bridgehead atoms. The van der Waals surface area contributed by atoms with Crippen molar-refractivity contribution in [1.82, 2.24) is 0 Å². The van der Waals surface area contributed by atoms with Crippen LogP contribution in [0.15, 0.2) is 121 Å². The van der Waals surface area contributed by atoms with Crippen LogP contribution in [0.5, 0.6) is 0 Å². The van der Waals surface area contributed by atoms with Gasteiger partial charge in [-0.25, -0.2) is 0 Å². The van der Waals surface area contributed by atoms with Crippen molar-refractivity contribution in [2.75, 3.05) is 5.90 Å². The van der Waals surface area contributed by atoms with Gasteiger partial charge in [-0.3, -0.25) is 0 Å². The molecule has 4 aromatic rings. The second kappa shape index (κ2) is 13.5. The minimum absolute atomic E-state index is 0. The van der Waals surface area contributed by atoms with Crippen LogP contribution < -0.4 is 21.2 Å². The third kappa shape index (κ3) is 6.59. The van der Waals surface area contributed by atoms with E-state index < -0.39 is 15.8 Å². The van der Waals surface area contributed by atoms with Crippen LogP contribution in [0.4, 0.5) is 0 Å². The van der Waals surface area contributed by atoms with Gasteiger partial charge in [-0.2, -0.15) is 0 Å². The summed E-state index contributed by atoms with van der Waals surface area (Å²) in [7, 11) is -0.817. The zero-order valence-corrected chi connectivity index (χ0v) is 21.2. The second-order valence-corrected chi connectivity index (χ2v) is 11.2. The molecule has 148 valence electrons. The molecule has 0 N–H and O–H groups in total. The maximum Gasteiger partial charge on any atom is 0.00405 e. The topological polar surface area (TPSA) is 19.9 Å². The van der Waals surface area contributed by atoms with Gasteiger partial charge in [-0.05, 0) is 37.1 Å². The van der Waals surface area contributed by atoms with Crippen LogP contribution in [0.2, 0.25) is 0 Å². The molecule has 1 nitrogen and oxygen atoms in total. The average Bonchev–Trinajstić information content (AvgIpc) is 2.83. The SMILES string of the molecule is [C-]#[O+].[W].c1ccc(P(CP(c2ccccc2)c2ccccc2)c2ccccc2)cc1. The van der Waals surface area contributed by atoms with Crippen LogP contribution in [-0.4, -0.2) is 5.90 Å². The Morgan fingerprint density at radius 3 is 0.833 bits per heavy atom. The Morgan fingerprint density at radius 1 is 0.433 bits per heavy atom. The molecule has 0 spiro atoms. The Balaban J connectivity index is 0.00000104. The van der Waals surface area contributed by atoms with E-state index in [9.17, 15) is 0 Å². The first-order valence-electron chi connectivity index (χ1n) is 9.37. The molecule has 0 aliphatic carbocycles. The summed E-state index contributed by atoms with van der Waals surface area (Å²) in [5, 5.41) is 5.83. The first-order valence-corrected chi connectivity index (χ1v) is 12.4. The number of rotatable bonds is 6. The van der Waals surface area contributed by atoms with Gasteiger partial charge in [-0.1, -0.05) is 121 Å². The third-order valence-electron chi connectivity index (χ3n) is 4.55. The van der Waals surface area contributed by atoms with Crippen LogP contribution in [0, 0.1) is 6.65 Å². The molecule has 0 aliphatic heterocycles. The summed E-state index contributed by atoms with van der Waals surface area (Å²) < 4.78 is 7.50. The van der Waals surface area contributed by atoms with E-state index in [-0.39, 0.29) is 21.1 Å².